The lowest BCUT2D eigenvalue weighted by Gasteiger charge is -2.12. The molecule has 0 aliphatic carbocycles. The van der Waals surface area contributed by atoms with E-state index in [1.54, 1.807) is 7.05 Å². The molecule has 0 aliphatic rings. The van der Waals surface area contributed by atoms with Gasteiger partial charge in [-0.25, -0.2) is 14.4 Å². The zero-order valence-corrected chi connectivity index (χ0v) is 12.7. The van der Waals surface area contributed by atoms with Crippen molar-refractivity contribution in [1.82, 2.24) is 9.97 Å². The fourth-order valence-electron chi connectivity index (χ4n) is 1.41. The second-order valence-corrected chi connectivity index (χ2v) is 5.11. The predicted molar refractivity (Wildman–Crippen MR) is 79.0 cm³/mol. The number of halogens is 4. The van der Waals surface area contributed by atoms with Crippen LogP contribution < -0.4 is 10.6 Å². The summed E-state index contributed by atoms with van der Waals surface area (Å²) >= 11 is 15.3. The Morgan fingerprint density at radius 2 is 1.74 bits per heavy atom. The third-order valence-electron chi connectivity index (χ3n) is 2.28. The molecular weight excluding hydrogens is 358 g/mol. The summed E-state index contributed by atoms with van der Waals surface area (Å²) in [5.74, 6) is 0.569. The van der Waals surface area contributed by atoms with Crippen molar-refractivity contribution in [2.24, 2.45) is 0 Å². The van der Waals surface area contributed by atoms with Crippen LogP contribution in [0.4, 0.5) is 21.7 Å². The smallest absolute Gasteiger partial charge is 0.150 e. The van der Waals surface area contributed by atoms with Crippen molar-refractivity contribution in [2.45, 2.75) is 0 Å². The Hall–Kier alpha value is -1.11. The molecule has 1 heterocycles. The highest BCUT2D eigenvalue weighted by atomic mass is 79.9. The van der Waals surface area contributed by atoms with Crippen LogP contribution in [0.2, 0.25) is 10.0 Å². The van der Waals surface area contributed by atoms with Crippen LogP contribution in [-0.2, 0) is 0 Å². The van der Waals surface area contributed by atoms with Crippen LogP contribution in [0.25, 0.3) is 0 Å². The van der Waals surface area contributed by atoms with E-state index in [4.69, 9.17) is 23.2 Å². The summed E-state index contributed by atoms with van der Waals surface area (Å²) in [6.45, 7) is 0. The molecule has 0 unspecified atom stereocenters. The normalized spacial score (nSPS) is 10.4. The van der Waals surface area contributed by atoms with Gasteiger partial charge in [0.1, 0.15) is 28.3 Å². The average molecular weight is 366 g/mol. The van der Waals surface area contributed by atoms with Crippen LogP contribution in [0.1, 0.15) is 0 Å². The zero-order valence-electron chi connectivity index (χ0n) is 9.64. The minimum atomic E-state index is -0.502. The predicted octanol–water partition coefficient (Wildman–Crippen LogP) is 4.47. The number of aromatic nitrogens is 2. The van der Waals surface area contributed by atoms with E-state index in [1.807, 2.05) is 0 Å². The van der Waals surface area contributed by atoms with Crippen LogP contribution in [0.5, 0.6) is 0 Å². The summed E-state index contributed by atoms with van der Waals surface area (Å²) < 4.78 is 13.7. The van der Waals surface area contributed by atoms with E-state index in [1.165, 1.54) is 18.5 Å². The van der Waals surface area contributed by atoms with Crippen LogP contribution >= 0.6 is 39.1 Å². The minimum Gasteiger partial charge on any atom is -0.372 e. The van der Waals surface area contributed by atoms with E-state index in [0.717, 1.165) is 0 Å². The Labute approximate surface area is 127 Å². The topological polar surface area (TPSA) is 49.8 Å². The molecule has 0 atom stereocenters. The molecule has 0 aliphatic heterocycles. The molecule has 1 aromatic carbocycles. The summed E-state index contributed by atoms with van der Waals surface area (Å²) in [5.41, 5.74) is 0.381. The molecule has 19 heavy (non-hydrogen) atoms. The largest absolute Gasteiger partial charge is 0.372 e. The summed E-state index contributed by atoms with van der Waals surface area (Å²) in [6, 6.07) is 2.34. The van der Waals surface area contributed by atoms with Gasteiger partial charge in [0.05, 0.1) is 15.7 Å². The summed E-state index contributed by atoms with van der Waals surface area (Å²) in [7, 11) is 1.73. The molecule has 8 heteroatoms. The van der Waals surface area contributed by atoms with Gasteiger partial charge < -0.3 is 10.6 Å². The molecule has 0 fully saturated rings. The lowest BCUT2D eigenvalue weighted by molar-refractivity contribution is 0.628. The fraction of sp³-hybridized carbons (Fsp3) is 0.0909. The van der Waals surface area contributed by atoms with Gasteiger partial charge in [-0.3, -0.25) is 0 Å². The molecule has 1 aromatic heterocycles. The van der Waals surface area contributed by atoms with E-state index in [9.17, 15) is 4.39 Å². The molecule has 2 aromatic rings. The molecule has 4 nitrogen and oxygen atoms in total. The summed E-state index contributed by atoms with van der Waals surface area (Å²) in [4.78, 5) is 8.09. The first-order chi connectivity index (χ1) is 9.02. The van der Waals surface area contributed by atoms with Gasteiger partial charge in [-0.15, -0.1) is 0 Å². The lowest BCUT2D eigenvalue weighted by atomic mass is 10.3. The van der Waals surface area contributed by atoms with Crippen LogP contribution in [0.15, 0.2) is 22.9 Å². The van der Waals surface area contributed by atoms with Gasteiger partial charge in [0.2, 0.25) is 0 Å². The maximum Gasteiger partial charge on any atom is 0.150 e. The van der Waals surface area contributed by atoms with E-state index >= 15 is 0 Å². The second-order valence-electron chi connectivity index (χ2n) is 3.50. The SMILES string of the molecule is CNc1ncnc(Nc2c(Cl)cc(F)cc2Cl)c1Br. The number of nitrogens with one attached hydrogen (secondary N) is 2. The third kappa shape index (κ3) is 3.08. The van der Waals surface area contributed by atoms with Crippen molar-refractivity contribution >= 4 is 56.5 Å². The molecule has 0 saturated heterocycles. The molecule has 2 rings (SSSR count). The van der Waals surface area contributed by atoms with Gasteiger partial charge in [0.25, 0.3) is 0 Å². The molecular formula is C11H8BrCl2FN4. The number of benzene rings is 1. The van der Waals surface area contributed by atoms with Crippen molar-refractivity contribution in [1.29, 1.82) is 0 Å². The fourth-order valence-corrected chi connectivity index (χ4v) is 2.47. The van der Waals surface area contributed by atoms with Crippen molar-refractivity contribution < 1.29 is 4.39 Å². The van der Waals surface area contributed by atoms with Gasteiger partial charge in [-0.1, -0.05) is 23.2 Å². The highest BCUT2D eigenvalue weighted by molar-refractivity contribution is 9.10. The Bertz CT molecular complexity index is 601. The number of hydrogen-bond donors (Lipinski definition) is 2. The van der Waals surface area contributed by atoms with Gasteiger partial charge >= 0.3 is 0 Å². The molecule has 2 N–H and O–H groups in total. The van der Waals surface area contributed by atoms with E-state index in [-0.39, 0.29) is 10.0 Å². The minimum absolute atomic E-state index is 0.168. The number of nitrogens with zero attached hydrogens (tertiary/aromatic N) is 2. The maximum absolute atomic E-state index is 13.1. The first-order valence-corrected chi connectivity index (χ1v) is 6.67. The lowest BCUT2D eigenvalue weighted by Crippen LogP contribution is -2.01. The van der Waals surface area contributed by atoms with Crippen LogP contribution in [0.3, 0.4) is 0 Å². The van der Waals surface area contributed by atoms with E-state index < -0.39 is 5.82 Å². The Morgan fingerprint density at radius 3 is 2.32 bits per heavy atom. The zero-order chi connectivity index (χ0) is 14.0. The molecule has 0 radical (unpaired) electrons. The Balaban J connectivity index is 2.42. The molecule has 0 amide bonds. The van der Waals surface area contributed by atoms with Gasteiger partial charge in [0.15, 0.2) is 0 Å². The molecule has 100 valence electrons. The summed E-state index contributed by atoms with van der Waals surface area (Å²) in [6.07, 6.45) is 1.38. The summed E-state index contributed by atoms with van der Waals surface area (Å²) in [5, 5.41) is 6.17. The second kappa shape index (κ2) is 5.90. The van der Waals surface area contributed by atoms with Gasteiger partial charge in [-0.05, 0) is 28.1 Å². The molecule has 0 bridgehead atoms. The highest BCUT2D eigenvalue weighted by Gasteiger charge is 2.13. The van der Waals surface area contributed by atoms with Crippen molar-refractivity contribution in [2.75, 3.05) is 17.7 Å². The van der Waals surface area contributed by atoms with Gasteiger partial charge in [-0.2, -0.15) is 0 Å². The highest BCUT2D eigenvalue weighted by Crippen LogP contribution is 2.36. The maximum atomic E-state index is 13.1. The third-order valence-corrected chi connectivity index (χ3v) is 3.62. The van der Waals surface area contributed by atoms with E-state index in [0.29, 0.717) is 21.8 Å². The first kappa shape index (κ1) is 14.3. The molecule has 0 spiro atoms. The average Bonchev–Trinajstić information content (AvgIpc) is 2.35. The standard InChI is InChI=1S/C11H8BrCl2FN4/c1-16-10-8(12)11(18-4-17-10)19-9-6(13)2-5(15)3-7(9)14/h2-4H,1H3,(H2,16,17,18,19). The van der Waals surface area contributed by atoms with Crippen LogP contribution in [0, 0.1) is 5.82 Å². The first-order valence-electron chi connectivity index (χ1n) is 5.12. The van der Waals surface area contributed by atoms with Gasteiger partial charge in [0, 0.05) is 7.05 Å². The van der Waals surface area contributed by atoms with Crippen molar-refractivity contribution in [3.63, 3.8) is 0 Å². The van der Waals surface area contributed by atoms with Crippen LogP contribution in [-0.4, -0.2) is 17.0 Å². The van der Waals surface area contributed by atoms with Crippen molar-refractivity contribution in [3.05, 3.63) is 38.8 Å². The Kier molecular flexibility index (Phi) is 4.44. The van der Waals surface area contributed by atoms with Crippen molar-refractivity contribution in [3.8, 4) is 0 Å². The quantitative estimate of drug-likeness (QED) is 0.842. The number of rotatable bonds is 3. The van der Waals surface area contributed by atoms with E-state index in [2.05, 4.69) is 36.5 Å². The number of anilines is 3. The molecule has 0 saturated carbocycles. The number of hydrogen-bond acceptors (Lipinski definition) is 4. The Morgan fingerprint density at radius 1 is 1.16 bits per heavy atom. The monoisotopic (exact) mass is 364 g/mol.